The predicted molar refractivity (Wildman–Crippen MR) is 65.4 cm³/mol. The van der Waals surface area contributed by atoms with Crippen LogP contribution in [0.15, 0.2) is 28.0 Å². The number of pyridine rings is 1. The van der Waals surface area contributed by atoms with E-state index in [1.165, 1.54) is 0 Å². The zero-order valence-electron chi connectivity index (χ0n) is 9.44. The highest BCUT2D eigenvalue weighted by atomic mass is 32.2. The molecular formula is C11H12N2O3S. The molecule has 0 radical (unpaired) electrons. The summed E-state index contributed by atoms with van der Waals surface area (Å²) in [6.45, 7) is 3.78. The van der Waals surface area contributed by atoms with Gasteiger partial charge in [-0.1, -0.05) is 6.07 Å². The van der Waals surface area contributed by atoms with Crippen LogP contribution in [0.25, 0.3) is 10.9 Å². The van der Waals surface area contributed by atoms with Crippen LogP contribution >= 0.6 is 0 Å². The van der Waals surface area contributed by atoms with Crippen molar-refractivity contribution in [2.24, 2.45) is 5.14 Å². The number of hydrogen-bond acceptors (Lipinski definition) is 3. The fourth-order valence-electron chi connectivity index (χ4n) is 1.74. The lowest BCUT2D eigenvalue weighted by atomic mass is 10.1. The third-order valence-electron chi connectivity index (χ3n) is 2.86. The minimum absolute atomic E-state index is 0.333. The summed E-state index contributed by atoms with van der Waals surface area (Å²) < 4.78 is 22.4. The van der Waals surface area contributed by atoms with E-state index in [0.29, 0.717) is 10.9 Å². The molecule has 1 heterocycles. The molecule has 0 saturated carbocycles. The zero-order valence-corrected chi connectivity index (χ0v) is 10.3. The first-order valence-corrected chi connectivity index (χ1v) is 6.51. The minimum atomic E-state index is -3.99. The fourth-order valence-corrected chi connectivity index (χ4v) is 2.33. The van der Waals surface area contributed by atoms with Crippen LogP contribution in [0.3, 0.4) is 0 Å². The summed E-state index contributed by atoms with van der Waals surface area (Å²) in [6.07, 6.45) is 1.15. The van der Waals surface area contributed by atoms with E-state index in [1.54, 1.807) is 12.1 Å². The Morgan fingerprint density at radius 2 is 1.88 bits per heavy atom. The molecule has 0 atom stereocenters. The molecule has 0 unspecified atom stereocenters. The summed E-state index contributed by atoms with van der Waals surface area (Å²) in [5, 5.41) is 5.30. The number of nitrogens with one attached hydrogen (secondary N) is 1. The molecule has 0 bridgehead atoms. The van der Waals surface area contributed by atoms with E-state index in [1.807, 2.05) is 13.8 Å². The number of aromatic amines is 1. The van der Waals surface area contributed by atoms with Crippen LogP contribution in [-0.2, 0) is 10.0 Å². The Labute approximate surface area is 98.3 Å². The van der Waals surface area contributed by atoms with Crippen molar-refractivity contribution in [3.8, 4) is 0 Å². The molecule has 0 aliphatic carbocycles. The topological polar surface area (TPSA) is 93.0 Å². The molecule has 0 spiro atoms. The SMILES string of the molecule is Cc1ccc2c(=O)c(S(N)(=O)=O)c[nH]c2c1C. The van der Waals surface area contributed by atoms with Crippen molar-refractivity contribution in [3.63, 3.8) is 0 Å². The molecule has 0 fully saturated rings. The van der Waals surface area contributed by atoms with Crippen LogP contribution in [0, 0.1) is 13.8 Å². The van der Waals surface area contributed by atoms with Crippen LogP contribution in [0.2, 0.25) is 0 Å². The van der Waals surface area contributed by atoms with Crippen molar-refractivity contribution in [2.45, 2.75) is 18.7 Å². The number of benzene rings is 1. The molecule has 2 rings (SSSR count). The number of H-pyrrole nitrogens is 1. The van der Waals surface area contributed by atoms with Crippen molar-refractivity contribution in [2.75, 3.05) is 0 Å². The maximum atomic E-state index is 12.0. The lowest BCUT2D eigenvalue weighted by Gasteiger charge is -2.06. The Morgan fingerprint density at radius 3 is 2.47 bits per heavy atom. The molecule has 3 N–H and O–H groups in total. The average Bonchev–Trinajstić information content (AvgIpc) is 2.22. The summed E-state index contributed by atoms with van der Waals surface area (Å²) in [7, 11) is -3.99. The van der Waals surface area contributed by atoms with Crippen LogP contribution < -0.4 is 10.6 Å². The number of hydrogen-bond donors (Lipinski definition) is 2. The van der Waals surface area contributed by atoms with Crippen molar-refractivity contribution in [3.05, 3.63) is 39.7 Å². The smallest absolute Gasteiger partial charge is 0.243 e. The summed E-state index contributed by atoms with van der Waals surface area (Å²) in [5.41, 5.74) is 2.02. The number of primary sulfonamides is 1. The van der Waals surface area contributed by atoms with Gasteiger partial charge in [-0.05, 0) is 31.0 Å². The third kappa shape index (κ3) is 1.85. The molecule has 0 aliphatic rings. The first-order chi connectivity index (χ1) is 7.82. The lowest BCUT2D eigenvalue weighted by Crippen LogP contribution is -2.22. The molecule has 2 aromatic rings. The van der Waals surface area contributed by atoms with Crippen molar-refractivity contribution < 1.29 is 8.42 Å². The van der Waals surface area contributed by atoms with Crippen LogP contribution in [0.1, 0.15) is 11.1 Å². The summed E-state index contributed by atoms with van der Waals surface area (Å²) in [6, 6.07) is 3.38. The molecule has 6 heteroatoms. The molecule has 1 aromatic carbocycles. The first kappa shape index (κ1) is 11.8. The van der Waals surface area contributed by atoms with Crippen LogP contribution in [0.4, 0.5) is 0 Å². The van der Waals surface area contributed by atoms with Gasteiger partial charge in [-0.3, -0.25) is 4.79 Å². The van der Waals surface area contributed by atoms with Crippen LogP contribution in [-0.4, -0.2) is 13.4 Å². The number of fused-ring (bicyclic) bond motifs is 1. The second-order valence-corrected chi connectivity index (χ2v) is 5.49. The van der Waals surface area contributed by atoms with Crippen molar-refractivity contribution in [1.82, 2.24) is 4.98 Å². The number of aryl methyl sites for hydroxylation is 2. The molecule has 0 saturated heterocycles. The number of aromatic nitrogens is 1. The van der Waals surface area contributed by atoms with E-state index in [-0.39, 0.29) is 0 Å². The Bertz CT molecular complexity index is 760. The molecule has 17 heavy (non-hydrogen) atoms. The first-order valence-electron chi connectivity index (χ1n) is 4.97. The Balaban J connectivity index is 2.98. The highest BCUT2D eigenvalue weighted by Crippen LogP contribution is 2.17. The van der Waals surface area contributed by atoms with E-state index < -0.39 is 20.3 Å². The normalized spacial score (nSPS) is 11.9. The third-order valence-corrected chi connectivity index (χ3v) is 3.77. The fraction of sp³-hybridized carbons (Fsp3) is 0.182. The summed E-state index contributed by atoms with van der Waals surface area (Å²) in [5.74, 6) is 0. The second-order valence-electron chi connectivity index (χ2n) is 3.96. The number of sulfonamides is 1. The highest BCUT2D eigenvalue weighted by Gasteiger charge is 2.15. The van der Waals surface area contributed by atoms with Gasteiger partial charge in [0, 0.05) is 11.6 Å². The van der Waals surface area contributed by atoms with Gasteiger partial charge in [-0.2, -0.15) is 0 Å². The molecular weight excluding hydrogens is 240 g/mol. The van der Waals surface area contributed by atoms with Gasteiger partial charge in [0.25, 0.3) is 0 Å². The maximum Gasteiger partial charge on any atom is 0.243 e. The highest BCUT2D eigenvalue weighted by molar-refractivity contribution is 7.89. The molecule has 5 nitrogen and oxygen atoms in total. The van der Waals surface area contributed by atoms with Gasteiger partial charge in [0.2, 0.25) is 15.5 Å². The Kier molecular flexibility index (Phi) is 2.56. The van der Waals surface area contributed by atoms with E-state index >= 15 is 0 Å². The van der Waals surface area contributed by atoms with E-state index in [2.05, 4.69) is 4.98 Å². The largest absolute Gasteiger partial charge is 0.359 e. The van der Waals surface area contributed by atoms with E-state index in [9.17, 15) is 13.2 Å². The quantitative estimate of drug-likeness (QED) is 0.785. The summed E-state index contributed by atoms with van der Waals surface area (Å²) >= 11 is 0. The Hall–Kier alpha value is -1.66. The second kappa shape index (κ2) is 3.68. The average molecular weight is 252 g/mol. The molecule has 90 valence electrons. The summed E-state index contributed by atoms with van der Waals surface area (Å²) in [4.78, 5) is 14.4. The zero-order chi connectivity index (χ0) is 12.8. The molecule has 0 amide bonds. The molecule has 0 aliphatic heterocycles. The van der Waals surface area contributed by atoms with Gasteiger partial charge in [0.05, 0.1) is 5.52 Å². The van der Waals surface area contributed by atoms with Gasteiger partial charge < -0.3 is 4.98 Å². The number of nitrogens with two attached hydrogens (primary N) is 1. The maximum absolute atomic E-state index is 12.0. The monoisotopic (exact) mass is 252 g/mol. The van der Waals surface area contributed by atoms with Crippen molar-refractivity contribution in [1.29, 1.82) is 0 Å². The van der Waals surface area contributed by atoms with Gasteiger partial charge in [-0.25, -0.2) is 13.6 Å². The minimum Gasteiger partial charge on any atom is -0.359 e. The predicted octanol–water partition coefficient (Wildman–Crippen LogP) is 0.792. The van der Waals surface area contributed by atoms with E-state index in [4.69, 9.17) is 5.14 Å². The van der Waals surface area contributed by atoms with Gasteiger partial charge >= 0.3 is 0 Å². The van der Waals surface area contributed by atoms with Gasteiger partial charge in [0.1, 0.15) is 4.90 Å². The van der Waals surface area contributed by atoms with Crippen molar-refractivity contribution >= 4 is 20.9 Å². The number of rotatable bonds is 1. The van der Waals surface area contributed by atoms with Gasteiger partial charge in [-0.15, -0.1) is 0 Å². The lowest BCUT2D eigenvalue weighted by molar-refractivity contribution is 0.597. The van der Waals surface area contributed by atoms with E-state index in [0.717, 1.165) is 17.3 Å². The van der Waals surface area contributed by atoms with Crippen LogP contribution in [0.5, 0.6) is 0 Å². The standard InChI is InChI=1S/C11H12N2O3S/c1-6-3-4-8-10(7(6)2)13-5-9(11(8)14)17(12,15)16/h3-5H,1-2H3,(H,13,14)(H2,12,15,16). The van der Waals surface area contributed by atoms with Gasteiger partial charge in [0.15, 0.2) is 0 Å². The Morgan fingerprint density at radius 1 is 1.24 bits per heavy atom. The molecule has 1 aromatic heterocycles.